The van der Waals surface area contributed by atoms with Gasteiger partial charge in [-0.3, -0.25) is 10.0 Å². The second-order valence-corrected chi connectivity index (χ2v) is 4.14. The highest BCUT2D eigenvalue weighted by molar-refractivity contribution is 5.85. The number of hydrogen-bond acceptors (Lipinski definition) is 2. The summed E-state index contributed by atoms with van der Waals surface area (Å²) in [7, 11) is 0. The summed E-state index contributed by atoms with van der Waals surface area (Å²) < 4.78 is 0. The molecule has 0 radical (unpaired) electrons. The lowest BCUT2D eigenvalue weighted by Crippen LogP contribution is -2.26. The van der Waals surface area contributed by atoms with Crippen LogP contribution in [0.25, 0.3) is 0 Å². The van der Waals surface area contributed by atoms with Crippen LogP contribution in [0.2, 0.25) is 0 Å². The fraction of sp³-hybridized carbons (Fsp3) is 0.769. The predicted molar refractivity (Wildman–Crippen MR) is 66.3 cm³/mol. The molecule has 0 fully saturated rings. The number of unbranched alkanes of at least 4 members (excludes halogenated alkanes) is 7. The van der Waals surface area contributed by atoms with E-state index in [0.29, 0.717) is 6.54 Å². The second kappa shape index (κ2) is 10.7. The van der Waals surface area contributed by atoms with Gasteiger partial charge in [0.1, 0.15) is 0 Å². The molecule has 94 valence electrons. The summed E-state index contributed by atoms with van der Waals surface area (Å²) in [6.45, 7) is 5.95. The van der Waals surface area contributed by atoms with Gasteiger partial charge in [-0.2, -0.15) is 0 Å². The molecule has 0 bridgehead atoms. The van der Waals surface area contributed by atoms with Crippen LogP contribution < -0.4 is 0 Å². The van der Waals surface area contributed by atoms with Crippen molar-refractivity contribution < 1.29 is 10.0 Å². The van der Waals surface area contributed by atoms with Crippen molar-refractivity contribution in [1.29, 1.82) is 0 Å². The molecule has 1 N–H and O–H groups in total. The summed E-state index contributed by atoms with van der Waals surface area (Å²) in [5.74, 6) is -0.414. The van der Waals surface area contributed by atoms with Crippen molar-refractivity contribution in [2.45, 2.75) is 58.3 Å². The number of rotatable bonds is 10. The topological polar surface area (TPSA) is 40.5 Å². The molecule has 0 aromatic rings. The summed E-state index contributed by atoms with van der Waals surface area (Å²) in [4.78, 5) is 10.9. The molecular formula is C13H25NO2. The first kappa shape index (κ1) is 15.2. The molecule has 0 aliphatic carbocycles. The van der Waals surface area contributed by atoms with Crippen LogP contribution in [0.4, 0.5) is 0 Å². The third kappa shape index (κ3) is 8.48. The Morgan fingerprint density at radius 2 is 1.62 bits per heavy atom. The van der Waals surface area contributed by atoms with Crippen molar-refractivity contribution in [2.24, 2.45) is 0 Å². The van der Waals surface area contributed by atoms with E-state index in [1.807, 2.05) is 0 Å². The van der Waals surface area contributed by atoms with E-state index in [0.717, 1.165) is 24.0 Å². The average Bonchev–Trinajstić information content (AvgIpc) is 2.31. The van der Waals surface area contributed by atoms with Crippen LogP contribution in [0.5, 0.6) is 0 Å². The Bertz CT molecular complexity index is 192. The van der Waals surface area contributed by atoms with Crippen molar-refractivity contribution in [3.63, 3.8) is 0 Å². The van der Waals surface area contributed by atoms with Gasteiger partial charge < -0.3 is 0 Å². The Hall–Kier alpha value is -0.830. The van der Waals surface area contributed by atoms with Gasteiger partial charge in [0.05, 0.1) is 0 Å². The van der Waals surface area contributed by atoms with E-state index in [1.165, 1.54) is 38.5 Å². The minimum atomic E-state index is -0.414. The third-order valence-corrected chi connectivity index (χ3v) is 2.65. The summed E-state index contributed by atoms with van der Waals surface area (Å²) in [5, 5.41) is 9.94. The Kier molecular flexibility index (Phi) is 10.1. The van der Waals surface area contributed by atoms with Gasteiger partial charge in [-0.25, -0.2) is 5.06 Å². The molecule has 0 aliphatic rings. The average molecular weight is 227 g/mol. The summed E-state index contributed by atoms with van der Waals surface area (Å²) in [6.07, 6.45) is 10.8. The van der Waals surface area contributed by atoms with Gasteiger partial charge in [0, 0.05) is 6.54 Å². The standard InChI is InChI=1S/C13H25NO2/c1-3-5-6-7-8-9-10-11-12-14(16)13(15)4-2/h4,16H,2-3,5-12H2,1H3. The fourth-order valence-electron chi connectivity index (χ4n) is 1.61. The molecule has 0 aliphatic heterocycles. The van der Waals surface area contributed by atoms with Gasteiger partial charge >= 0.3 is 0 Å². The molecule has 0 heterocycles. The van der Waals surface area contributed by atoms with Gasteiger partial charge in [0.15, 0.2) is 0 Å². The zero-order valence-electron chi connectivity index (χ0n) is 10.5. The Balaban J connectivity index is 3.20. The molecule has 0 saturated heterocycles. The van der Waals surface area contributed by atoms with Crippen LogP contribution in [0.1, 0.15) is 58.3 Å². The summed E-state index contributed by atoms with van der Waals surface area (Å²) >= 11 is 0. The second-order valence-electron chi connectivity index (χ2n) is 4.14. The Morgan fingerprint density at radius 3 is 2.12 bits per heavy atom. The number of nitrogens with zero attached hydrogens (tertiary/aromatic N) is 1. The van der Waals surface area contributed by atoms with Crippen LogP contribution in [0, 0.1) is 0 Å². The number of carbonyl (C=O) groups is 1. The van der Waals surface area contributed by atoms with Gasteiger partial charge in [0.2, 0.25) is 0 Å². The first-order chi connectivity index (χ1) is 7.72. The van der Waals surface area contributed by atoms with E-state index in [2.05, 4.69) is 13.5 Å². The molecule has 0 rings (SSSR count). The molecule has 0 aromatic carbocycles. The molecule has 3 heteroatoms. The molecule has 0 unspecified atom stereocenters. The quantitative estimate of drug-likeness (QED) is 0.268. The first-order valence-corrected chi connectivity index (χ1v) is 6.35. The van der Waals surface area contributed by atoms with E-state index in [-0.39, 0.29) is 0 Å². The van der Waals surface area contributed by atoms with E-state index >= 15 is 0 Å². The zero-order valence-corrected chi connectivity index (χ0v) is 10.5. The van der Waals surface area contributed by atoms with E-state index in [4.69, 9.17) is 0 Å². The number of amides is 1. The third-order valence-electron chi connectivity index (χ3n) is 2.65. The molecular weight excluding hydrogens is 202 g/mol. The first-order valence-electron chi connectivity index (χ1n) is 6.35. The van der Waals surface area contributed by atoms with Gasteiger partial charge in [-0.05, 0) is 12.5 Å². The smallest absolute Gasteiger partial charge is 0.269 e. The molecule has 16 heavy (non-hydrogen) atoms. The lowest BCUT2D eigenvalue weighted by molar-refractivity contribution is -0.159. The maximum absolute atomic E-state index is 10.9. The number of hydrogen-bond donors (Lipinski definition) is 1. The Morgan fingerprint density at radius 1 is 1.12 bits per heavy atom. The molecule has 3 nitrogen and oxygen atoms in total. The zero-order chi connectivity index (χ0) is 12.2. The van der Waals surface area contributed by atoms with Crippen molar-refractivity contribution in [2.75, 3.05) is 6.54 Å². The number of carbonyl (C=O) groups excluding carboxylic acids is 1. The van der Waals surface area contributed by atoms with Gasteiger partial charge in [0.25, 0.3) is 5.91 Å². The van der Waals surface area contributed by atoms with Gasteiger partial charge in [-0.15, -0.1) is 0 Å². The van der Waals surface area contributed by atoms with Crippen LogP contribution in [-0.4, -0.2) is 22.7 Å². The lowest BCUT2D eigenvalue weighted by Gasteiger charge is -2.11. The van der Waals surface area contributed by atoms with E-state index in [9.17, 15) is 10.0 Å². The van der Waals surface area contributed by atoms with Crippen molar-refractivity contribution in [3.05, 3.63) is 12.7 Å². The van der Waals surface area contributed by atoms with Crippen molar-refractivity contribution in [3.8, 4) is 0 Å². The van der Waals surface area contributed by atoms with Crippen LogP contribution in [-0.2, 0) is 4.79 Å². The van der Waals surface area contributed by atoms with Crippen molar-refractivity contribution >= 4 is 5.91 Å². The van der Waals surface area contributed by atoms with Crippen molar-refractivity contribution in [1.82, 2.24) is 5.06 Å². The Labute approximate surface area is 99.1 Å². The van der Waals surface area contributed by atoms with Gasteiger partial charge in [-0.1, -0.05) is 58.4 Å². The highest BCUT2D eigenvalue weighted by Gasteiger charge is 2.04. The van der Waals surface area contributed by atoms with E-state index in [1.54, 1.807) is 0 Å². The lowest BCUT2D eigenvalue weighted by atomic mass is 10.1. The molecule has 0 saturated carbocycles. The van der Waals surface area contributed by atoms with Crippen LogP contribution >= 0.6 is 0 Å². The largest absolute Gasteiger partial charge is 0.286 e. The maximum atomic E-state index is 10.9. The van der Waals surface area contributed by atoms with E-state index < -0.39 is 5.91 Å². The SMILES string of the molecule is C=CC(=O)N(O)CCCCCCCCCC. The molecule has 0 atom stereocenters. The highest BCUT2D eigenvalue weighted by Crippen LogP contribution is 2.08. The summed E-state index contributed by atoms with van der Waals surface area (Å²) in [6, 6.07) is 0. The maximum Gasteiger partial charge on any atom is 0.269 e. The fourth-order valence-corrected chi connectivity index (χ4v) is 1.61. The minimum absolute atomic E-state index is 0.414. The monoisotopic (exact) mass is 227 g/mol. The normalized spacial score (nSPS) is 10.1. The minimum Gasteiger partial charge on any atom is -0.286 e. The summed E-state index contributed by atoms with van der Waals surface area (Å²) in [5.41, 5.74) is 0. The van der Waals surface area contributed by atoms with Crippen LogP contribution in [0.3, 0.4) is 0 Å². The molecule has 0 spiro atoms. The highest BCUT2D eigenvalue weighted by atomic mass is 16.5. The predicted octanol–water partition coefficient (Wildman–Crippen LogP) is 3.53. The molecule has 0 aromatic heterocycles. The molecule has 1 amide bonds. The number of hydroxylamine groups is 2. The van der Waals surface area contributed by atoms with Crippen LogP contribution in [0.15, 0.2) is 12.7 Å².